The summed E-state index contributed by atoms with van der Waals surface area (Å²) in [5, 5.41) is 4.47. The molecule has 6 nitrogen and oxygen atoms in total. The number of anilines is 1. The Kier molecular flexibility index (Phi) is 7.57. The van der Waals surface area contributed by atoms with Gasteiger partial charge in [-0.1, -0.05) is 23.8 Å². The summed E-state index contributed by atoms with van der Waals surface area (Å²) < 4.78 is 35.4. The highest BCUT2D eigenvalue weighted by molar-refractivity contribution is 7.90. The molecule has 1 saturated heterocycles. The number of rotatable bonds is 9. The zero-order chi connectivity index (χ0) is 27.7. The number of nitrogens with zero attached hydrogens (tertiary/aromatic N) is 3. The highest BCUT2D eigenvalue weighted by Crippen LogP contribution is 2.32. The van der Waals surface area contributed by atoms with Crippen LogP contribution in [-0.4, -0.2) is 57.1 Å². The Morgan fingerprint density at radius 3 is 2.48 bits per heavy atom. The number of hydrogen-bond donors (Lipinski definition) is 0. The molecule has 0 unspecified atom stereocenters. The van der Waals surface area contributed by atoms with Gasteiger partial charge in [-0.2, -0.15) is 0 Å². The SMILES string of the molecule is COc1ccc2c(c1)c(CCCCN1CCN(c3cccc4sccc34)CC1)cn2S(=O)(=O)c1ccc(C)cc1. The topological polar surface area (TPSA) is 54.8 Å². The average molecular weight is 574 g/mol. The van der Waals surface area contributed by atoms with E-state index in [0.717, 1.165) is 74.2 Å². The molecule has 0 aliphatic carbocycles. The first kappa shape index (κ1) is 26.9. The van der Waals surface area contributed by atoms with Gasteiger partial charge >= 0.3 is 0 Å². The minimum Gasteiger partial charge on any atom is -0.497 e. The van der Waals surface area contributed by atoms with E-state index in [-0.39, 0.29) is 0 Å². The van der Waals surface area contributed by atoms with Crippen LogP contribution in [0.15, 0.2) is 83.2 Å². The fourth-order valence-corrected chi connectivity index (χ4v) is 7.91. The number of piperazine rings is 1. The molecular weight excluding hydrogens is 539 g/mol. The minimum atomic E-state index is -3.70. The van der Waals surface area contributed by atoms with Gasteiger partial charge in [-0.3, -0.25) is 4.90 Å². The van der Waals surface area contributed by atoms with Crippen molar-refractivity contribution in [3.63, 3.8) is 0 Å². The molecule has 208 valence electrons. The van der Waals surface area contributed by atoms with Crippen LogP contribution in [0.1, 0.15) is 24.0 Å². The van der Waals surface area contributed by atoms with Crippen molar-refractivity contribution < 1.29 is 13.2 Å². The zero-order valence-electron chi connectivity index (χ0n) is 23.0. The molecular formula is C32H35N3O3S2. The van der Waals surface area contributed by atoms with E-state index in [9.17, 15) is 8.42 Å². The summed E-state index contributed by atoms with van der Waals surface area (Å²) in [7, 11) is -2.06. The third-order valence-electron chi connectivity index (χ3n) is 7.99. The third kappa shape index (κ3) is 5.23. The number of fused-ring (bicyclic) bond motifs is 2. The fourth-order valence-electron chi connectivity index (χ4n) is 5.71. The lowest BCUT2D eigenvalue weighted by Gasteiger charge is -2.36. The predicted molar refractivity (Wildman–Crippen MR) is 166 cm³/mol. The van der Waals surface area contributed by atoms with E-state index in [2.05, 4.69) is 39.4 Å². The number of benzene rings is 3. The van der Waals surface area contributed by atoms with Gasteiger partial charge in [-0.25, -0.2) is 12.4 Å². The Morgan fingerprint density at radius 2 is 1.70 bits per heavy atom. The quantitative estimate of drug-likeness (QED) is 0.187. The minimum absolute atomic E-state index is 0.298. The first-order chi connectivity index (χ1) is 19.4. The number of methoxy groups -OCH3 is 1. The van der Waals surface area contributed by atoms with Crippen molar-refractivity contribution in [2.24, 2.45) is 0 Å². The summed E-state index contributed by atoms with van der Waals surface area (Å²) in [4.78, 5) is 5.37. The second kappa shape index (κ2) is 11.3. The van der Waals surface area contributed by atoms with E-state index < -0.39 is 10.0 Å². The molecule has 3 heterocycles. The molecule has 6 rings (SSSR count). The molecule has 0 bridgehead atoms. The maximum atomic E-state index is 13.6. The van der Waals surface area contributed by atoms with Crippen LogP contribution < -0.4 is 9.64 Å². The monoisotopic (exact) mass is 573 g/mol. The van der Waals surface area contributed by atoms with Gasteiger partial charge < -0.3 is 9.64 Å². The van der Waals surface area contributed by atoms with Gasteiger partial charge in [0.25, 0.3) is 10.0 Å². The molecule has 1 aliphatic rings. The summed E-state index contributed by atoms with van der Waals surface area (Å²) in [5.74, 6) is 0.732. The molecule has 0 atom stereocenters. The molecule has 5 aromatic rings. The molecule has 0 radical (unpaired) electrons. The van der Waals surface area contributed by atoms with Crippen LogP contribution in [0.3, 0.4) is 0 Å². The summed E-state index contributed by atoms with van der Waals surface area (Å²) in [5.41, 5.74) is 4.11. The van der Waals surface area contributed by atoms with Gasteiger partial charge in [0, 0.05) is 53.5 Å². The number of hydrogen-bond acceptors (Lipinski definition) is 6. The van der Waals surface area contributed by atoms with Crippen LogP contribution in [0, 0.1) is 6.92 Å². The normalized spacial score (nSPS) is 14.8. The first-order valence-electron chi connectivity index (χ1n) is 13.9. The van der Waals surface area contributed by atoms with Crippen molar-refractivity contribution in [3.8, 4) is 5.75 Å². The van der Waals surface area contributed by atoms with E-state index in [1.54, 1.807) is 30.6 Å². The van der Waals surface area contributed by atoms with Crippen LogP contribution in [0.5, 0.6) is 5.75 Å². The van der Waals surface area contributed by atoms with Crippen molar-refractivity contribution in [3.05, 3.63) is 89.4 Å². The van der Waals surface area contributed by atoms with E-state index in [1.165, 1.54) is 19.7 Å². The lowest BCUT2D eigenvalue weighted by Crippen LogP contribution is -2.46. The number of aryl methyl sites for hydroxylation is 2. The summed E-state index contributed by atoms with van der Waals surface area (Å²) >= 11 is 1.80. The van der Waals surface area contributed by atoms with Crippen LogP contribution in [0.25, 0.3) is 21.0 Å². The Hall–Kier alpha value is -3.33. The van der Waals surface area contributed by atoms with Gasteiger partial charge in [0.1, 0.15) is 5.75 Å². The largest absolute Gasteiger partial charge is 0.497 e. The standard InChI is InChI=1S/C32H35N3O3S2/c1-24-9-12-27(13-10-24)40(36,37)35-23-25(29-22-26(38-2)11-14-31(29)35)6-3-4-16-33-17-19-34(20-18-33)30-7-5-8-32-28(30)15-21-39-32/h5,7-15,21-23H,3-4,6,16-20H2,1-2H3. The summed E-state index contributed by atoms with van der Waals surface area (Å²) in [6.07, 6.45) is 4.69. The van der Waals surface area contributed by atoms with Gasteiger partial charge in [-0.05, 0) is 92.2 Å². The summed E-state index contributed by atoms with van der Waals surface area (Å²) in [6, 6.07) is 21.5. The van der Waals surface area contributed by atoms with Crippen LogP contribution >= 0.6 is 11.3 Å². The van der Waals surface area contributed by atoms with Crippen molar-refractivity contribution in [2.45, 2.75) is 31.1 Å². The summed E-state index contributed by atoms with van der Waals surface area (Å²) in [6.45, 7) is 7.22. The van der Waals surface area contributed by atoms with Crippen LogP contribution in [-0.2, 0) is 16.4 Å². The van der Waals surface area contributed by atoms with Gasteiger partial charge in [0.2, 0.25) is 0 Å². The van der Waals surface area contributed by atoms with Crippen molar-refractivity contribution in [2.75, 3.05) is 44.7 Å². The van der Waals surface area contributed by atoms with Gasteiger partial charge in [0.05, 0.1) is 17.5 Å². The second-order valence-corrected chi connectivity index (χ2v) is 13.3. The molecule has 8 heteroatoms. The fraction of sp³-hybridized carbons (Fsp3) is 0.312. The molecule has 2 aromatic heterocycles. The Balaban J connectivity index is 1.11. The highest BCUT2D eigenvalue weighted by atomic mass is 32.2. The van der Waals surface area contributed by atoms with Crippen LogP contribution in [0.2, 0.25) is 0 Å². The van der Waals surface area contributed by atoms with Crippen molar-refractivity contribution in [1.29, 1.82) is 0 Å². The zero-order valence-corrected chi connectivity index (χ0v) is 24.7. The molecule has 1 aliphatic heterocycles. The lowest BCUT2D eigenvalue weighted by atomic mass is 10.1. The van der Waals surface area contributed by atoms with Gasteiger partial charge in [0.15, 0.2) is 0 Å². The van der Waals surface area contributed by atoms with Gasteiger partial charge in [-0.15, -0.1) is 11.3 Å². The molecule has 1 fully saturated rings. The van der Waals surface area contributed by atoms with E-state index in [4.69, 9.17) is 4.74 Å². The molecule has 40 heavy (non-hydrogen) atoms. The maximum absolute atomic E-state index is 13.6. The molecule has 0 spiro atoms. The number of aromatic nitrogens is 1. The number of unbranched alkanes of at least 4 members (excludes halogenated alkanes) is 1. The Morgan fingerprint density at radius 1 is 0.900 bits per heavy atom. The van der Waals surface area contributed by atoms with Crippen molar-refractivity contribution in [1.82, 2.24) is 8.87 Å². The Bertz CT molecular complexity index is 1730. The van der Waals surface area contributed by atoms with E-state index in [0.29, 0.717) is 10.4 Å². The predicted octanol–water partition coefficient (Wildman–Crippen LogP) is 6.55. The maximum Gasteiger partial charge on any atom is 0.268 e. The first-order valence-corrected chi connectivity index (χ1v) is 16.2. The molecule has 3 aromatic carbocycles. The lowest BCUT2D eigenvalue weighted by molar-refractivity contribution is 0.253. The van der Waals surface area contributed by atoms with Crippen LogP contribution in [0.4, 0.5) is 5.69 Å². The smallest absolute Gasteiger partial charge is 0.268 e. The number of ether oxygens (including phenoxy) is 1. The van der Waals surface area contributed by atoms with E-state index in [1.807, 2.05) is 43.5 Å². The van der Waals surface area contributed by atoms with Crippen molar-refractivity contribution >= 4 is 48.0 Å². The Labute approximate surface area is 240 Å². The molecule has 0 N–H and O–H groups in total. The number of thiophene rings is 1. The van der Waals surface area contributed by atoms with E-state index >= 15 is 0 Å². The second-order valence-electron chi connectivity index (χ2n) is 10.5. The molecule has 0 amide bonds. The molecule has 0 saturated carbocycles. The highest BCUT2D eigenvalue weighted by Gasteiger charge is 2.22. The third-order valence-corrected chi connectivity index (χ3v) is 10.6. The average Bonchev–Trinajstić information content (AvgIpc) is 3.61.